The molecule has 0 saturated carbocycles. The molecule has 11 heteroatoms. The van der Waals surface area contributed by atoms with Crippen LogP contribution < -0.4 is 5.32 Å². The number of carboxylic acids is 1. The number of benzene rings is 3. The Morgan fingerprint density at radius 1 is 1.00 bits per heavy atom. The lowest BCUT2D eigenvalue weighted by molar-refractivity contribution is -0.142. The molecule has 1 aliphatic heterocycles. The summed E-state index contributed by atoms with van der Waals surface area (Å²) in [7, 11) is -3.94. The van der Waals surface area contributed by atoms with E-state index in [1.165, 1.54) is 22.5 Å². The molecule has 7 nitrogen and oxygen atoms in total. The van der Waals surface area contributed by atoms with Gasteiger partial charge in [0.05, 0.1) is 10.8 Å². The average molecular weight is 596 g/mol. The van der Waals surface area contributed by atoms with Crippen LogP contribution in [0.4, 0.5) is 0 Å². The average Bonchev–Trinajstić information content (AvgIpc) is 2.88. The van der Waals surface area contributed by atoms with Gasteiger partial charge >= 0.3 is 5.97 Å². The molecule has 3 aromatic carbocycles. The highest BCUT2D eigenvalue weighted by Crippen LogP contribution is 2.29. The minimum atomic E-state index is -3.94. The molecule has 3 aromatic rings. The van der Waals surface area contributed by atoms with E-state index in [4.69, 9.17) is 34.8 Å². The van der Waals surface area contributed by atoms with Crippen molar-refractivity contribution in [3.63, 3.8) is 0 Å². The molecular formula is C27H25Cl3N2O5S. The molecule has 1 amide bonds. The van der Waals surface area contributed by atoms with Crippen LogP contribution in [0, 0.1) is 5.92 Å². The second kappa shape index (κ2) is 12.1. The van der Waals surface area contributed by atoms with E-state index in [9.17, 15) is 23.1 Å². The fourth-order valence-corrected chi connectivity index (χ4v) is 6.94. The molecule has 0 aliphatic carbocycles. The largest absolute Gasteiger partial charge is 0.480 e. The van der Waals surface area contributed by atoms with E-state index in [1.54, 1.807) is 18.2 Å². The highest BCUT2D eigenvalue weighted by Gasteiger charge is 2.35. The smallest absolute Gasteiger partial charge is 0.326 e. The van der Waals surface area contributed by atoms with Gasteiger partial charge in [-0.05, 0) is 48.2 Å². The standard InChI is InChI=1S/C27H25Cl3N2O5S/c28-20-13-21(29)15-22(14-20)38(36,37)32-11-3-4-19(16-32)26(33)31-25(27(34)35)12-17-7-9-18(10-8-17)23-5-1-2-6-24(23)30/h1-2,5-10,13-15,19,25H,3-4,11-12,16H2,(H,31,33)(H,34,35)/t19?,25-/m0/s1. The number of halogens is 3. The molecule has 1 saturated heterocycles. The van der Waals surface area contributed by atoms with Crippen LogP contribution in [0.1, 0.15) is 18.4 Å². The predicted octanol–water partition coefficient (Wildman–Crippen LogP) is 5.53. The highest BCUT2D eigenvalue weighted by molar-refractivity contribution is 7.89. The van der Waals surface area contributed by atoms with Crippen molar-refractivity contribution in [3.05, 3.63) is 87.4 Å². The van der Waals surface area contributed by atoms with E-state index in [-0.39, 0.29) is 34.5 Å². The van der Waals surface area contributed by atoms with Crippen LogP contribution in [0.3, 0.4) is 0 Å². The molecule has 200 valence electrons. The second-order valence-corrected chi connectivity index (χ2v) is 12.3. The van der Waals surface area contributed by atoms with E-state index in [0.717, 1.165) is 16.7 Å². The van der Waals surface area contributed by atoms with Crippen LogP contribution in [0.2, 0.25) is 15.1 Å². The van der Waals surface area contributed by atoms with Gasteiger partial charge in [0.25, 0.3) is 0 Å². The molecule has 1 heterocycles. The Morgan fingerprint density at radius 3 is 2.29 bits per heavy atom. The van der Waals surface area contributed by atoms with Crippen molar-refractivity contribution in [3.8, 4) is 11.1 Å². The first kappa shape index (κ1) is 28.4. The quantitative estimate of drug-likeness (QED) is 0.357. The van der Waals surface area contributed by atoms with Crippen LogP contribution >= 0.6 is 34.8 Å². The molecule has 4 rings (SSSR count). The minimum absolute atomic E-state index is 0.0558. The summed E-state index contributed by atoms with van der Waals surface area (Å²) in [6.07, 6.45) is 0.958. The summed E-state index contributed by atoms with van der Waals surface area (Å²) in [5, 5.41) is 13.3. The first-order chi connectivity index (χ1) is 18.0. The minimum Gasteiger partial charge on any atom is -0.480 e. The Labute approximate surface area is 236 Å². The van der Waals surface area contributed by atoms with Crippen LogP contribution in [0.15, 0.2) is 71.6 Å². The molecule has 1 fully saturated rings. The maximum absolute atomic E-state index is 13.2. The summed E-state index contributed by atoms with van der Waals surface area (Å²) in [5.41, 5.74) is 2.47. The van der Waals surface area contributed by atoms with Gasteiger partial charge in [-0.1, -0.05) is 77.3 Å². The molecule has 0 aromatic heterocycles. The fourth-order valence-electron chi connectivity index (χ4n) is 4.44. The molecule has 1 unspecified atom stereocenters. The van der Waals surface area contributed by atoms with Crippen molar-refractivity contribution in [2.45, 2.75) is 30.2 Å². The monoisotopic (exact) mass is 594 g/mol. The lowest BCUT2D eigenvalue weighted by atomic mass is 9.97. The topological polar surface area (TPSA) is 104 Å². The lowest BCUT2D eigenvalue weighted by Gasteiger charge is -2.32. The third-order valence-corrected chi connectivity index (χ3v) is 9.03. The van der Waals surface area contributed by atoms with E-state index in [2.05, 4.69) is 5.32 Å². The van der Waals surface area contributed by atoms with Crippen LogP contribution in [-0.2, 0) is 26.0 Å². The Balaban J connectivity index is 1.43. The number of aliphatic carboxylic acids is 1. The van der Waals surface area contributed by atoms with Crippen molar-refractivity contribution in [2.75, 3.05) is 13.1 Å². The van der Waals surface area contributed by atoms with Crippen LogP contribution in [0.25, 0.3) is 11.1 Å². The molecule has 0 radical (unpaired) electrons. The van der Waals surface area contributed by atoms with Gasteiger partial charge in [0.1, 0.15) is 6.04 Å². The van der Waals surface area contributed by atoms with Gasteiger partial charge in [-0.15, -0.1) is 0 Å². The summed E-state index contributed by atoms with van der Waals surface area (Å²) in [6, 6.07) is 17.6. The number of nitrogens with one attached hydrogen (secondary N) is 1. The predicted molar refractivity (Wildman–Crippen MR) is 148 cm³/mol. The maximum atomic E-state index is 13.2. The summed E-state index contributed by atoms with van der Waals surface area (Å²) >= 11 is 18.2. The van der Waals surface area contributed by atoms with Crippen molar-refractivity contribution >= 4 is 56.7 Å². The van der Waals surface area contributed by atoms with Gasteiger partial charge in [0.2, 0.25) is 15.9 Å². The fraction of sp³-hybridized carbons (Fsp3) is 0.259. The zero-order valence-corrected chi connectivity index (χ0v) is 23.2. The van der Waals surface area contributed by atoms with E-state index >= 15 is 0 Å². The van der Waals surface area contributed by atoms with Gasteiger partial charge in [-0.25, -0.2) is 13.2 Å². The molecule has 38 heavy (non-hydrogen) atoms. The molecule has 2 atom stereocenters. The molecular weight excluding hydrogens is 571 g/mol. The number of hydrogen-bond acceptors (Lipinski definition) is 4. The zero-order chi connectivity index (χ0) is 27.4. The number of nitrogens with zero attached hydrogens (tertiary/aromatic N) is 1. The van der Waals surface area contributed by atoms with Gasteiger partial charge in [0, 0.05) is 40.1 Å². The number of piperidine rings is 1. The molecule has 0 bridgehead atoms. The van der Waals surface area contributed by atoms with Gasteiger partial charge in [0.15, 0.2) is 0 Å². The first-order valence-corrected chi connectivity index (χ1v) is 14.5. The number of hydrogen-bond donors (Lipinski definition) is 2. The number of sulfonamides is 1. The summed E-state index contributed by atoms with van der Waals surface area (Å²) in [5.74, 6) is -2.38. The Bertz CT molecular complexity index is 1430. The second-order valence-electron chi connectivity index (χ2n) is 9.09. The number of carbonyl (C=O) groups excluding carboxylic acids is 1. The molecule has 1 aliphatic rings. The normalized spacial score (nSPS) is 17.1. The number of carbonyl (C=O) groups is 2. The van der Waals surface area contributed by atoms with E-state index in [0.29, 0.717) is 17.9 Å². The Hall–Kier alpha value is -2.62. The maximum Gasteiger partial charge on any atom is 0.326 e. The summed E-state index contributed by atoms with van der Waals surface area (Å²) < 4.78 is 27.5. The zero-order valence-electron chi connectivity index (χ0n) is 20.1. The number of carboxylic acid groups (broad SMARTS) is 1. The van der Waals surface area contributed by atoms with Crippen molar-refractivity contribution < 1.29 is 23.1 Å². The van der Waals surface area contributed by atoms with Crippen molar-refractivity contribution in [1.29, 1.82) is 0 Å². The van der Waals surface area contributed by atoms with E-state index < -0.39 is 33.9 Å². The Kier molecular flexibility index (Phi) is 9.00. The van der Waals surface area contributed by atoms with Crippen molar-refractivity contribution in [1.82, 2.24) is 9.62 Å². The van der Waals surface area contributed by atoms with Gasteiger partial charge in [-0.3, -0.25) is 4.79 Å². The summed E-state index contributed by atoms with van der Waals surface area (Å²) in [6.45, 7) is 0.160. The van der Waals surface area contributed by atoms with Gasteiger partial charge < -0.3 is 10.4 Å². The third-order valence-electron chi connectivity index (χ3n) is 6.42. The molecule has 0 spiro atoms. The third kappa shape index (κ3) is 6.68. The van der Waals surface area contributed by atoms with Gasteiger partial charge in [-0.2, -0.15) is 4.31 Å². The van der Waals surface area contributed by atoms with E-state index in [1.807, 2.05) is 30.3 Å². The lowest BCUT2D eigenvalue weighted by Crippen LogP contribution is -2.50. The summed E-state index contributed by atoms with van der Waals surface area (Å²) in [4.78, 5) is 25.0. The number of rotatable bonds is 8. The van der Waals surface area contributed by atoms with Crippen LogP contribution in [0.5, 0.6) is 0 Å². The number of amides is 1. The first-order valence-electron chi connectivity index (χ1n) is 11.9. The highest BCUT2D eigenvalue weighted by atomic mass is 35.5. The van der Waals surface area contributed by atoms with Crippen molar-refractivity contribution in [2.24, 2.45) is 5.92 Å². The molecule has 2 N–H and O–H groups in total. The Morgan fingerprint density at radius 2 is 1.66 bits per heavy atom. The van der Waals surface area contributed by atoms with Crippen LogP contribution in [-0.4, -0.2) is 48.8 Å². The SMILES string of the molecule is O=C(N[C@@H](Cc1ccc(-c2ccccc2Cl)cc1)C(=O)O)C1CCCN(S(=O)(=O)c2cc(Cl)cc(Cl)c2)C1.